The van der Waals surface area contributed by atoms with Gasteiger partial charge in [0.1, 0.15) is 0 Å². The molecule has 1 aliphatic carbocycles. The molecular weight excluding hydrogens is 382 g/mol. The van der Waals surface area contributed by atoms with E-state index in [1.165, 1.54) is 0 Å². The molecule has 1 saturated heterocycles. The molecule has 0 radical (unpaired) electrons. The Labute approximate surface area is 176 Å². The van der Waals surface area contributed by atoms with Gasteiger partial charge in [-0.2, -0.15) is 0 Å². The Hall–Kier alpha value is -2.48. The summed E-state index contributed by atoms with van der Waals surface area (Å²) >= 11 is 0. The highest BCUT2D eigenvalue weighted by molar-refractivity contribution is 6.06. The molecule has 2 fully saturated rings. The van der Waals surface area contributed by atoms with Crippen molar-refractivity contribution in [3.63, 3.8) is 0 Å². The van der Waals surface area contributed by atoms with Crippen molar-refractivity contribution in [2.75, 3.05) is 26.2 Å². The average molecular weight is 414 g/mol. The van der Waals surface area contributed by atoms with Crippen LogP contribution in [0.5, 0.6) is 0 Å². The average Bonchev–Trinajstić information content (AvgIpc) is 3.48. The first kappa shape index (κ1) is 20.8. The first-order valence-corrected chi connectivity index (χ1v) is 10.8. The molecule has 0 spiro atoms. The fourth-order valence-electron chi connectivity index (χ4n) is 4.07. The number of pyridine rings is 1. The number of nitrogens with two attached hydrogens (primary N) is 1. The number of carbonyl (C=O) groups is 2. The monoisotopic (exact) mass is 413 g/mol. The summed E-state index contributed by atoms with van der Waals surface area (Å²) in [5, 5.41) is 5.02. The summed E-state index contributed by atoms with van der Waals surface area (Å²) in [6, 6.07) is 1.62. The van der Waals surface area contributed by atoms with E-state index in [0.717, 1.165) is 29.6 Å². The van der Waals surface area contributed by atoms with E-state index in [-0.39, 0.29) is 23.3 Å². The highest BCUT2D eigenvalue weighted by Gasteiger charge is 2.33. The number of aromatic nitrogens is 2. The summed E-state index contributed by atoms with van der Waals surface area (Å²) in [6.45, 7) is 10.6. The van der Waals surface area contributed by atoms with Crippen LogP contribution in [0, 0.1) is 5.41 Å². The van der Waals surface area contributed by atoms with Crippen LogP contribution in [-0.2, 0) is 11.2 Å². The molecule has 0 aromatic carbocycles. The van der Waals surface area contributed by atoms with Gasteiger partial charge in [-0.05, 0) is 37.7 Å². The summed E-state index contributed by atoms with van der Waals surface area (Å²) in [5.74, 6) is 0.0513. The van der Waals surface area contributed by atoms with Gasteiger partial charge in [-0.25, -0.2) is 4.98 Å². The van der Waals surface area contributed by atoms with E-state index in [9.17, 15) is 9.59 Å². The predicted octanol–water partition coefficient (Wildman–Crippen LogP) is 2.32. The topological polar surface area (TPSA) is 106 Å². The molecule has 1 atom stereocenters. The molecule has 3 heterocycles. The van der Waals surface area contributed by atoms with Gasteiger partial charge in [0.15, 0.2) is 0 Å². The molecule has 2 aliphatic rings. The third-order valence-electron chi connectivity index (χ3n) is 6.02. The maximum Gasteiger partial charge on any atom is 0.259 e. The van der Waals surface area contributed by atoms with Gasteiger partial charge in [0.25, 0.3) is 11.6 Å². The largest absolute Gasteiger partial charge is 0.368 e. The van der Waals surface area contributed by atoms with Crippen LogP contribution in [-0.4, -0.2) is 64.0 Å². The number of amides is 2. The lowest BCUT2D eigenvalue weighted by molar-refractivity contribution is -0.123. The minimum absolute atomic E-state index is 0.00973. The van der Waals surface area contributed by atoms with Crippen LogP contribution in [0.4, 0.5) is 0 Å². The van der Waals surface area contributed by atoms with E-state index in [1.807, 2.05) is 22.8 Å². The number of primary amides is 1. The van der Waals surface area contributed by atoms with Crippen molar-refractivity contribution in [2.45, 2.75) is 58.9 Å². The van der Waals surface area contributed by atoms with E-state index < -0.39 is 0 Å². The van der Waals surface area contributed by atoms with Crippen LogP contribution < -0.4 is 5.73 Å². The van der Waals surface area contributed by atoms with Crippen LogP contribution in [0.1, 0.15) is 68.2 Å². The van der Waals surface area contributed by atoms with Crippen molar-refractivity contribution in [1.82, 2.24) is 19.9 Å². The fourth-order valence-corrected chi connectivity index (χ4v) is 4.07. The summed E-state index contributed by atoms with van der Waals surface area (Å²) < 4.78 is 5.58. The highest BCUT2D eigenvalue weighted by atomic mass is 16.5. The van der Waals surface area contributed by atoms with Gasteiger partial charge in [-0.1, -0.05) is 25.9 Å². The second kappa shape index (κ2) is 7.65. The molecule has 2 amide bonds. The standard InChI is InChI=1S/C22H31N5O3/c1-13(19(23)28)26-7-9-27(10-8-26)21(29)15-11-16(14-5-6-14)24-20-18(15)17(25-30-20)12-22(2,3)4/h11,13-14H,5-10,12H2,1-4H3,(H2,23,28). The normalized spacial score (nSPS) is 19.3. The lowest BCUT2D eigenvalue weighted by Crippen LogP contribution is -2.54. The molecule has 2 aromatic rings. The first-order valence-electron chi connectivity index (χ1n) is 10.8. The minimum atomic E-state index is -0.337. The van der Waals surface area contributed by atoms with Crippen molar-refractivity contribution >= 4 is 22.9 Å². The van der Waals surface area contributed by atoms with Gasteiger partial charge in [-0.15, -0.1) is 0 Å². The third-order valence-corrected chi connectivity index (χ3v) is 6.02. The van der Waals surface area contributed by atoms with Crippen molar-refractivity contribution in [2.24, 2.45) is 11.1 Å². The second-order valence-electron chi connectivity index (χ2n) is 9.82. The molecule has 1 aliphatic heterocycles. The third kappa shape index (κ3) is 4.19. The molecule has 30 heavy (non-hydrogen) atoms. The first-order chi connectivity index (χ1) is 14.1. The van der Waals surface area contributed by atoms with Crippen molar-refractivity contribution in [3.05, 3.63) is 23.0 Å². The molecular formula is C22H31N5O3. The SMILES string of the molecule is CC(C(N)=O)N1CCN(C(=O)c2cc(C3CC3)nc3onc(CC(C)(C)C)c23)CC1. The summed E-state index contributed by atoms with van der Waals surface area (Å²) in [4.78, 5) is 33.6. The smallest absolute Gasteiger partial charge is 0.259 e. The van der Waals surface area contributed by atoms with E-state index in [1.54, 1.807) is 0 Å². The zero-order valence-electron chi connectivity index (χ0n) is 18.3. The molecule has 2 aromatic heterocycles. The molecule has 162 valence electrons. The van der Waals surface area contributed by atoms with Crippen molar-refractivity contribution < 1.29 is 14.1 Å². The van der Waals surface area contributed by atoms with Gasteiger partial charge < -0.3 is 15.2 Å². The van der Waals surface area contributed by atoms with Crippen LogP contribution in [0.3, 0.4) is 0 Å². The number of fused-ring (bicyclic) bond motifs is 1. The fraction of sp³-hybridized carbons (Fsp3) is 0.636. The van der Waals surface area contributed by atoms with E-state index >= 15 is 0 Å². The maximum absolute atomic E-state index is 13.6. The van der Waals surface area contributed by atoms with E-state index in [4.69, 9.17) is 10.3 Å². The summed E-state index contributed by atoms with van der Waals surface area (Å²) in [7, 11) is 0. The Morgan fingerprint density at radius 3 is 2.47 bits per heavy atom. The zero-order chi connectivity index (χ0) is 21.6. The van der Waals surface area contributed by atoms with E-state index in [0.29, 0.717) is 49.8 Å². The van der Waals surface area contributed by atoms with Crippen molar-refractivity contribution in [3.8, 4) is 0 Å². The van der Waals surface area contributed by atoms with E-state index in [2.05, 4.69) is 30.9 Å². The zero-order valence-corrected chi connectivity index (χ0v) is 18.3. The quantitative estimate of drug-likeness (QED) is 0.806. The Kier molecular flexibility index (Phi) is 5.30. The van der Waals surface area contributed by atoms with Crippen LogP contribution in [0.25, 0.3) is 11.1 Å². The molecule has 1 unspecified atom stereocenters. The Morgan fingerprint density at radius 2 is 1.90 bits per heavy atom. The molecule has 8 heteroatoms. The molecule has 1 saturated carbocycles. The minimum Gasteiger partial charge on any atom is -0.368 e. The molecule has 8 nitrogen and oxygen atoms in total. The maximum atomic E-state index is 13.6. The van der Waals surface area contributed by atoms with Crippen molar-refractivity contribution in [1.29, 1.82) is 0 Å². The van der Waals surface area contributed by atoms with Crippen LogP contribution in [0.2, 0.25) is 0 Å². The lowest BCUT2D eigenvalue weighted by atomic mass is 9.89. The Morgan fingerprint density at radius 1 is 1.23 bits per heavy atom. The number of hydrogen-bond acceptors (Lipinski definition) is 6. The van der Waals surface area contributed by atoms with Gasteiger partial charge in [0.2, 0.25) is 5.91 Å². The Balaban J connectivity index is 1.64. The molecule has 0 bridgehead atoms. The number of piperazine rings is 1. The van der Waals surface area contributed by atoms with Gasteiger partial charge in [-0.3, -0.25) is 14.5 Å². The number of hydrogen-bond donors (Lipinski definition) is 1. The number of carbonyl (C=O) groups excluding carboxylic acids is 2. The van der Waals surface area contributed by atoms with Gasteiger partial charge >= 0.3 is 0 Å². The van der Waals surface area contributed by atoms with Gasteiger partial charge in [0.05, 0.1) is 22.7 Å². The second-order valence-corrected chi connectivity index (χ2v) is 9.82. The highest BCUT2D eigenvalue weighted by Crippen LogP contribution is 2.41. The molecule has 2 N–H and O–H groups in total. The number of rotatable bonds is 5. The predicted molar refractivity (Wildman–Crippen MR) is 113 cm³/mol. The summed E-state index contributed by atoms with van der Waals surface area (Å²) in [6.07, 6.45) is 2.90. The molecule has 4 rings (SSSR count). The lowest BCUT2D eigenvalue weighted by Gasteiger charge is -2.37. The van der Waals surface area contributed by atoms with Crippen LogP contribution in [0.15, 0.2) is 10.6 Å². The van der Waals surface area contributed by atoms with Crippen LogP contribution >= 0.6 is 0 Å². The number of nitrogens with zero attached hydrogens (tertiary/aromatic N) is 4. The van der Waals surface area contributed by atoms with Gasteiger partial charge in [0, 0.05) is 37.8 Å². The Bertz CT molecular complexity index is 965. The summed E-state index contributed by atoms with van der Waals surface area (Å²) in [5.41, 5.74) is 8.25.